The Morgan fingerprint density at radius 2 is 1.88 bits per heavy atom. The Bertz CT molecular complexity index is 417. The SMILES string of the molecule is NNNC(N=Nc1ccccc1)=S=C(N)N. The molecule has 1 aromatic rings. The zero-order valence-electron chi connectivity index (χ0n) is 8.42. The molecule has 8 heteroatoms. The second kappa shape index (κ2) is 6.95. The summed E-state index contributed by atoms with van der Waals surface area (Å²) in [6.45, 7) is 0. The number of nitrogens with zero attached hydrogens (tertiary/aromatic N) is 2. The third kappa shape index (κ3) is 4.89. The summed E-state index contributed by atoms with van der Waals surface area (Å²) in [4.78, 5) is 0. The number of hydrazine groups is 2. The molecule has 16 heavy (non-hydrogen) atoms. The predicted octanol–water partition coefficient (Wildman–Crippen LogP) is -0.436. The molecule has 0 saturated carbocycles. The first-order valence-electron chi connectivity index (χ1n) is 4.33. The molecule has 0 aliphatic carbocycles. The van der Waals surface area contributed by atoms with Gasteiger partial charge in [-0.3, -0.25) is 17.3 Å². The summed E-state index contributed by atoms with van der Waals surface area (Å²) in [6, 6.07) is 9.25. The van der Waals surface area contributed by atoms with Crippen LogP contribution in [0.3, 0.4) is 0 Å². The van der Waals surface area contributed by atoms with Crippen molar-refractivity contribution in [1.82, 2.24) is 11.0 Å². The zero-order chi connectivity index (χ0) is 11.8. The van der Waals surface area contributed by atoms with Crippen LogP contribution in [-0.4, -0.2) is 10.2 Å². The van der Waals surface area contributed by atoms with Gasteiger partial charge in [0, 0.05) is 0 Å². The first-order chi connectivity index (χ1) is 7.72. The Morgan fingerprint density at radius 1 is 1.19 bits per heavy atom. The summed E-state index contributed by atoms with van der Waals surface area (Å²) in [5, 5.41) is 8.35. The van der Waals surface area contributed by atoms with Crippen LogP contribution in [0, 0.1) is 0 Å². The van der Waals surface area contributed by atoms with Gasteiger partial charge in [-0.05, 0) is 12.1 Å². The van der Waals surface area contributed by atoms with Crippen molar-refractivity contribution in [1.29, 1.82) is 0 Å². The smallest absolute Gasteiger partial charge is 0.200 e. The second-order valence-electron chi connectivity index (χ2n) is 2.61. The van der Waals surface area contributed by atoms with Crippen LogP contribution < -0.4 is 28.3 Å². The minimum absolute atomic E-state index is 0.143. The Morgan fingerprint density at radius 3 is 2.44 bits per heavy atom. The molecule has 8 N–H and O–H groups in total. The molecule has 0 bridgehead atoms. The van der Waals surface area contributed by atoms with E-state index in [-0.39, 0.29) is 5.11 Å². The lowest BCUT2D eigenvalue weighted by atomic mass is 10.3. The number of nitrogens with two attached hydrogens (primary N) is 3. The Kier molecular flexibility index (Phi) is 5.50. The fraction of sp³-hybridized carbons (Fsp3) is 0. The van der Waals surface area contributed by atoms with Gasteiger partial charge in [-0.1, -0.05) is 29.1 Å². The van der Waals surface area contributed by atoms with Gasteiger partial charge in [0.1, 0.15) is 5.11 Å². The molecule has 0 unspecified atom stereocenters. The van der Waals surface area contributed by atoms with E-state index in [9.17, 15) is 0 Å². The second-order valence-corrected chi connectivity index (χ2v) is 3.68. The highest BCUT2D eigenvalue weighted by atomic mass is 32.1. The number of hydrogen-bond acceptors (Lipinski definition) is 3. The number of rotatable bonds is 2. The summed E-state index contributed by atoms with van der Waals surface area (Å²) in [5.41, 5.74) is 16.1. The van der Waals surface area contributed by atoms with Crippen LogP contribution in [0.2, 0.25) is 0 Å². The van der Waals surface area contributed by atoms with Gasteiger partial charge in [-0.2, -0.15) is 11.0 Å². The van der Waals surface area contributed by atoms with E-state index in [0.717, 1.165) is 16.6 Å². The molecule has 86 valence electrons. The van der Waals surface area contributed by atoms with E-state index < -0.39 is 0 Å². The number of azo groups is 1. The first kappa shape index (κ1) is 12.6. The minimum Gasteiger partial charge on any atom is -0.285 e. The average Bonchev–Trinajstić information content (AvgIpc) is 2.27. The van der Waals surface area contributed by atoms with E-state index in [1.54, 1.807) is 0 Å². The van der Waals surface area contributed by atoms with Gasteiger partial charge >= 0.3 is 0 Å². The van der Waals surface area contributed by atoms with Crippen LogP contribution in [0.15, 0.2) is 40.6 Å². The molecule has 0 aromatic heterocycles. The Labute approximate surface area is 96.2 Å². The topological polar surface area (TPSA) is 127 Å². The maximum atomic E-state index is 5.32. The fourth-order valence-electron chi connectivity index (χ4n) is 0.842. The molecule has 1 rings (SSSR count). The van der Waals surface area contributed by atoms with Crippen LogP contribution in [0.1, 0.15) is 0 Å². The van der Waals surface area contributed by atoms with Gasteiger partial charge in [-0.25, -0.2) is 0 Å². The lowest BCUT2D eigenvalue weighted by molar-refractivity contribution is 0.696. The van der Waals surface area contributed by atoms with E-state index in [1.807, 2.05) is 30.3 Å². The van der Waals surface area contributed by atoms with Crippen molar-refractivity contribution >= 4 is 26.9 Å². The zero-order valence-corrected chi connectivity index (χ0v) is 9.24. The van der Waals surface area contributed by atoms with Crippen LogP contribution in [0.5, 0.6) is 0 Å². The molecule has 0 amide bonds. The molecule has 0 atom stereocenters. The van der Waals surface area contributed by atoms with Crippen LogP contribution >= 0.6 is 10.9 Å². The van der Waals surface area contributed by atoms with Gasteiger partial charge in [0.15, 0.2) is 5.11 Å². The van der Waals surface area contributed by atoms with Gasteiger partial charge in [0.05, 0.1) is 5.69 Å². The Balaban J connectivity index is 2.85. The fourth-order valence-corrected chi connectivity index (χ4v) is 1.26. The van der Waals surface area contributed by atoms with Gasteiger partial charge in [0.25, 0.3) is 0 Å². The molecule has 0 heterocycles. The average molecular weight is 239 g/mol. The van der Waals surface area contributed by atoms with Crippen LogP contribution in [0.25, 0.3) is 0 Å². The molecule has 0 radical (unpaired) electrons. The van der Waals surface area contributed by atoms with Crippen molar-refractivity contribution in [2.75, 3.05) is 0 Å². The molecule has 0 spiro atoms. The first-order valence-corrected chi connectivity index (χ1v) is 5.15. The normalized spacial score (nSPS) is 10.4. The minimum atomic E-state index is 0.143. The largest absolute Gasteiger partial charge is 0.285 e. The van der Waals surface area contributed by atoms with E-state index in [4.69, 9.17) is 17.3 Å². The number of nitrogens with one attached hydrogen (secondary N) is 2. The standard InChI is InChI=1S/C8H13N7S/c9-7(10)16-8(14-15-11)13-12-6-4-2-1-3-5-6/h1-5,14-15H,9-11H2. The third-order valence-electron chi connectivity index (χ3n) is 1.41. The highest BCUT2D eigenvalue weighted by molar-refractivity contribution is 7.97. The molecule has 0 aliphatic heterocycles. The molecule has 1 aromatic carbocycles. The van der Waals surface area contributed by atoms with Crippen LogP contribution in [0.4, 0.5) is 5.69 Å². The van der Waals surface area contributed by atoms with Crippen LogP contribution in [-0.2, 0) is 0 Å². The van der Waals surface area contributed by atoms with Crippen molar-refractivity contribution in [3.63, 3.8) is 0 Å². The van der Waals surface area contributed by atoms with Crippen molar-refractivity contribution in [3.8, 4) is 0 Å². The van der Waals surface area contributed by atoms with Crippen molar-refractivity contribution in [3.05, 3.63) is 30.3 Å². The maximum Gasteiger partial charge on any atom is 0.200 e. The third-order valence-corrected chi connectivity index (χ3v) is 2.02. The molecule has 0 saturated heterocycles. The number of benzene rings is 1. The van der Waals surface area contributed by atoms with E-state index >= 15 is 0 Å². The summed E-state index contributed by atoms with van der Waals surface area (Å²) >= 11 is 0. The molecule has 0 fully saturated rings. The highest BCUT2D eigenvalue weighted by Gasteiger charge is 1.91. The molecule has 7 nitrogen and oxygen atoms in total. The monoisotopic (exact) mass is 239 g/mol. The summed E-state index contributed by atoms with van der Waals surface area (Å²) in [6.07, 6.45) is 0. The molecular weight excluding hydrogens is 226 g/mol. The predicted molar refractivity (Wildman–Crippen MR) is 67.4 cm³/mol. The quantitative estimate of drug-likeness (QED) is 0.207. The summed E-state index contributed by atoms with van der Waals surface area (Å²) in [5.74, 6) is 5.09. The molecule has 0 aliphatic rings. The van der Waals surface area contributed by atoms with Crippen molar-refractivity contribution in [2.24, 2.45) is 27.5 Å². The van der Waals surface area contributed by atoms with Gasteiger partial charge in [-0.15, -0.1) is 10.2 Å². The number of hydrogen-bond donors (Lipinski definition) is 5. The maximum absolute atomic E-state index is 5.32. The summed E-state index contributed by atoms with van der Waals surface area (Å²) < 4.78 is 0. The van der Waals surface area contributed by atoms with Crippen molar-refractivity contribution < 1.29 is 0 Å². The van der Waals surface area contributed by atoms with E-state index in [1.165, 1.54) is 0 Å². The van der Waals surface area contributed by atoms with Gasteiger partial charge < -0.3 is 0 Å². The van der Waals surface area contributed by atoms with Crippen molar-refractivity contribution in [2.45, 2.75) is 0 Å². The van der Waals surface area contributed by atoms with E-state index in [0.29, 0.717) is 5.11 Å². The van der Waals surface area contributed by atoms with E-state index in [2.05, 4.69) is 21.2 Å². The van der Waals surface area contributed by atoms with Gasteiger partial charge in [0.2, 0.25) is 0 Å². The lowest BCUT2D eigenvalue weighted by Crippen LogP contribution is -2.41. The molecular formula is C8H13N7S. The Hall–Kier alpha value is -1.42. The summed E-state index contributed by atoms with van der Waals surface area (Å²) in [7, 11) is 1.02. The lowest BCUT2D eigenvalue weighted by Gasteiger charge is -1.98. The highest BCUT2D eigenvalue weighted by Crippen LogP contribution is 2.09.